The molecular formula is C15H14BrFO3. The molecule has 0 aliphatic carbocycles. The molecule has 0 radical (unpaired) electrons. The van der Waals surface area contributed by atoms with Gasteiger partial charge in [-0.05, 0) is 39.7 Å². The number of aliphatic hydroxyl groups excluding tert-OH is 1. The zero-order valence-electron chi connectivity index (χ0n) is 11.1. The van der Waals surface area contributed by atoms with Gasteiger partial charge in [0.2, 0.25) is 0 Å². The second-order valence-electron chi connectivity index (χ2n) is 4.19. The van der Waals surface area contributed by atoms with Crippen LogP contribution in [0, 0.1) is 5.82 Å². The van der Waals surface area contributed by atoms with E-state index in [1.165, 1.54) is 19.2 Å². The number of rotatable bonds is 4. The van der Waals surface area contributed by atoms with Crippen molar-refractivity contribution in [3.8, 4) is 11.5 Å². The minimum Gasteiger partial charge on any atom is -0.497 e. The predicted molar refractivity (Wildman–Crippen MR) is 77.7 cm³/mol. The topological polar surface area (TPSA) is 38.7 Å². The van der Waals surface area contributed by atoms with Crippen molar-refractivity contribution in [2.75, 3.05) is 14.2 Å². The van der Waals surface area contributed by atoms with Gasteiger partial charge >= 0.3 is 0 Å². The second kappa shape index (κ2) is 6.24. The van der Waals surface area contributed by atoms with Crippen molar-refractivity contribution >= 4 is 15.9 Å². The molecule has 0 aromatic heterocycles. The fraction of sp³-hybridized carbons (Fsp3) is 0.200. The van der Waals surface area contributed by atoms with E-state index in [2.05, 4.69) is 15.9 Å². The molecule has 2 aromatic rings. The van der Waals surface area contributed by atoms with Crippen molar-refractivity contribution in [3.63, 3.8) is 0 Å². The summed E-state index contributed by atoms with van der Waals surface area (Å²) < 4.78 is 24.0. The first-order chi connectivity index (χ1) is 9.56. The minimum atomic E-state index is -0.933. The molecule has 0 heterocycles. The summed E-state index contributed by atoms with van der Waals surface area (Å²) in [6.07, 6.45) is -0.933. The van der Waals surface area contributed by atoms with Crippen LogP contribution in [-0.2, 0) is 0 Å². The molecule has 0 aliphatic heterocycles. The van der Waals surface area contributed by atoms with Crippen LogP contribution in [-0.4, -0.2) is 19.3 Å². The summed E-state index contributed by atoms with van der Waals surface area (Å²) in [6, 6.07) is 9.81. The molecule has 0 spiro atoms. The molecule has 0 fully saturated rings. The SMILES string of the molecule is COc1cccc(C(O)c2cc(Br)c(F)cc2OC)c1. The van der Waals surface area contributed by atoms with Gasteiger partial charge in [-0.25, -0.2) is 4.39 Å². The molecule has 0 saturated heterocycles. The molecule has 2 aromatic carbocycles. The molecule has 1 atom stereocenters. The number of benzene rings is 2. The van der Waals surface area contributed by atoms with Crippen molar-refractivity contribution < 1.29 is 19.0 Å². The Morgan fingerprint density at radius 3 is 2.55 bits per heavy atom. The third-order valence-electron chi connectivity index (χ3n) is 2.98. The van der Waals surface area contributed by atoms with Crippen molar-refractivity contribution in [1.82, 2.24) is 0 Å². The average molecular weight is 341 g/mol. The first kappa shape index (κ1) is 14.8. The Morgan fingerprint density at radius 2 is 1.90 bits per heavy atom. The van der Waals surface area contributed by atoms with Crippen LogP contribution < -0.4 is 9.47 Å². The van der Waals surface area contributed by atoms with Crippen LogP contribution in [0.25, 0.3) is 0 Å². The van der Waals surface area contributed by atoms with Gasteiger partial charge in [0.05, 0.1) is 18.7 Å². The fourth-order valence-corrected chi connectivity index (χ4v) is 2.29. The third kappa shape index (κ3) is 2.94. The van der Waals surface area contributed by atoms with Gasteiger partial charge in [0.15, 0.2) is 0 Å². The van der Waals surface area contributed by atoms with Crippen molar-refractivity contribution in [3.05, 3.63) is 57.8 Å². The quantitative estimate of drug-likeness (QED) is 0.922. The maximum absolute atomic E-state index is 13.5. The van der Waals surface area contributed by atoms with Gasteiger partial charge in [0.1, 0.15) is 23.4 Å². The van der Waals surface area contributed by atoms with E-state index in [1.807, 2.05) is 0 Å². The number of methoxy groups -OCH3 is 2. The Kier molecular flexibility index (Phi) is 4.62. The van der Waals surface area contributed by atoms with Crippen molar-refractivity contribution in [2.24, 2.45) is 0 Å². The van der Waals surface area contributed by atoms with Crippen LogP contribution in [0.2, 0.25) is 0 Å². The van der Waals surface area contributed by atoms with E-state index in [0.717, 1.165) is 0 Å². The highest BCUT2D eigenvalue weighted by molar-refractivity contribution is 9.10. The Balaban J connectivity index is 2.46. The van der Waals surface area contributed by atoms with Crippen LogP contribution in [0.5, 0.6) is 11.5 Å². The molecule has 0 aliphatic rings. The van der Waals surface area contributed by atoms with E-state index >= 15 is 0 Å². The van der Waals surface area contributed by atoms with Crippen LogP contribution >= 0.6 is 15.9 Å². The molecule has 0 saturated carbocycles. The number of hydrogen-bond donors (Lipinski definition) is 1. The van der Waals surface area contributed by atoms with Crippen molar-refractivity contribution in [2.45, 2.75) is 6.10 Å². The molecule has 20 heavy (non-hydrogen) atoms. The lowest BCUT2D eigenvalue weighted by molar-refractivity contribution is 0.214. The van der Waals surface area contributed by atoms with Crippen LogP contribution in [0.4, 0.5) is 4.39 Å². The van der Waals surface area contributed by atoms with Gasteiger partial charge in [-0.1, -0.05) is 12.1 Å². The lowest BCUT2D eigenvalue weighted by atomic mass is 10.0. The zero-order chi connectivity index (χ0) is 14.7. The number of halogens is 2. The number of hydrogen-bond acceptors (Lipinski definition) is 3. The molecule has 106 valence electrons. The number of aliphatic hydroxyl groups is 1. The smallest absolute Gasteiger partial charge is 0.141 e. The maximum atomic E-state index is 13.5. The Hall–Kier alpha value is -1.59. The monoisotopic (exact) mass is 340 g/mol. The van der Waals surface area contributed by atoms with E-state index in [9.17, 15) is 9.50 Å². The van der Waals surface area contributed by atoms with Crippen LogP contribution in [0.15, 0.2) is 40.9 Å². The van der Waals surface area contributed by atoms with E-state index < -0.39 is 11.9 Å². The highest BCUT2D eigenvalue weighted by Gasteiger charge is 2.18. The van der Waals surface area contributed by atoms with Crippen LogP contribution in [0.3, 0.4) is 0 Å². The zero-order valence-corrected chi connectivity index (χ0v) is 12.6. The summed E-state index contributed by atoms with van der Waals surface area (Å²) in [5, 5.41) is 10.5. The summed E-state index contributed by atoms with van der Waals surface area (Å²) in [5.41, 5.74) is 1.12. The average Bonchev–Trinajstić information content (AvgIpc) is 2.48. The van der Waals surface area contributed by atoms with Crippen molar-refractivity contribution in [1.29, 1.82) is 0 Å². The van der Waals surface area contributed by atoms with E-state index in [-0.39, 0.29) is 4.47 Å². The fourth-order valence-electron chi connectivity index (χ4n) is 1.93. The first-order valence-corrected chi connectivity index (χ1v) is 6.71. The Labute approximate surface area is 125 Å². The summed E-state index contributed by atoms with van der Waals surface area (Å²) in [5.74, 6) is 0.492. The number of ether oxygens (including phenoxy) is 2. The largest absolute Gasteiger partial charge is 0.497 e. The van der Waals surface area contributed by atoms with Crippen LogP contribution in [0.1, 0.15) is 17.2 Å². The predicted octanol–water partition coefficient (Wildman–Crippen LogP) is 3.69. The third-order valence-corrected chi connectivity index (χ3v) is 3.58. The highest BCUT2D eigenvalue weighted by Crippen LogP contribution is 2.34. The van der Waals surface area contributed by atoms with Gasteiger partial charge < -0.3 is 14.6 Å². The summed E-state index contributed by atoms with van der Waals surface area (Å²) >= 11 is 3.11. The van der Waals surface area contributed by atoms with Gasteiger partial charge in [-0.3, -0.25) is 0 Å². The summed E-state index contributed by atoms with van der Waals surface area (Å²) in [7, 11) is 2.99. The standard InChI is InChI=1S/C15H14BrFO3/c1-19-10-5-3-4-9(6-10)15(18)11-7-12(16)13(17)8-14(11)20-2/h3-8,15,18H,1-2H3. The molecule has 1 N–H and O–H groups in total. The second-order valence-corrected chi connectivity index (χ2v) is 5.04. The van der Waals surface area contributed by atoms with E-state index in [0.29, 0.717) is 22.6 Å². The first-order valence-electron chi connectivity index (χ1n) is 5.91. The van der Waals surface area contributed by atoms with E-state index in [4.69, 9.17) is 9.47 Å². The van der Waals surface area contributed by atoms with Gasteiger partial charge in [0, 0.05) is 11.6 Å². The maximum Gasteiger partial charge on any atom is 0.141 e. The minimum absolute atomic E-state index is 0.273. The molecule has 0 bridgehead atoms. The normalized spacial score (nSPS) is 12.1. The molecule has 2 rings (SSSR count). The van der Waals surface area contributed by atoms with Gasteiger partial charge in [-0.15, -0.1) is 0 Å². The molecule has 5 heteroatoms. The highest BCUT2D eigenvalue weighted by atomic mass is 79.9. The van der Waals surface area contributed by atoms with E-state index in [1.54, 1.807) is 31.4 Å². The molecule has 3 nitrogen and oxygen atoms in total. The lowest BCUT2D eigenvalue weighted by Crippen LogP contribution is -2.03. The molecular weight excluding hydrogens is 327 g/mol. The summed E-state index contributed by atoms with van der Waals surface area (Å²) in [6.45, 7) is 0. The summed E-state index contributed by atoms with van der Waals surface area (Å²) in [4.78, 5) is 0. The molecule has 0 amide bonds. The lowest BCUT2D eigenvalue weighted by Gasteiger charge is -2.16. The molecule has 1 unspecified atom stereocenters. The van der Waals surface area contributed by atoms with Gasteiger partial charge in [-0.2, -0.15) is 0 Å². The Bertz CT molecular complexity index is 616. The Morgan fingerprint density at radius 1 is 1.15 bits per heavy atom. The van der Waals surface area contributed by atoms with Gasteiger partial charge in [0.25, 0.3) is 0 Å².